The highest BCUT2D eigenvalue weighted by Gasteiger charge is 2.22. The third-order valence-corrected chi connectivity index (χ3v) is 5.74. The molecular weight excluding hydrogens is 538 g/mol. The third kappa shape index (κ3) is 16.3. The topological polar surface area (TPSA) is 156 Å². The van der Waals surface area contributed by atoms with Crippen molar-refractivity contribution < 1.29 is 52.7 Å². The van der Waals surface area contributed by atoms with Crippen LogP contribution in [0.25, 0.3) is 0 Å². The second-order valence-corrected chi connectivity index (χ2v) is 9.48. The van der Waals surface area contributed by atoms with Crippen molar-refractivity contribution in [2.45, 2.75) is 97.6 Å². The summed E-state index contributed by atoms with van der Waals surface area (Å²) in [5, 5.41) is 12.6. The second kappa shape index (κ2) is 21.2. The number of unbranched alkanes of at least 4 members (excludes halogenated alkanes) is 5. The van der Waals surface area contributed by atoms with Crippen LogP contribution in [0, 0.1) is 0 Å². The van der Waals surface area contributed by atoms with E-state index in [1.54, 1.807) is 13.0 Å². The van der Waals surface area contributed by atoms with Crippen LogP contribution in [0.15, 0.2) is 18.2 Å². The molecule has 0 aliphatic rings. The van der Waals surface area contributed by atoms with Gasteiger partial charge in [0.15, 0.2) is 11.5 Å². The molecule has 0 radical (unpaired) electrons. The van der Waals surface area contributed by atoms with E-state index in [0.29, 0.717) is 18.4 Å². The smallest absolute Gasteiger partial charge is 0.480 e. The van der Waals surface area contributed by atoms with Gasteiger partial charge < -0.3 is 38.8 Å². The summed E-state index contributed by atoms with van der Waals surface area (Å²) in [6, 6.07) is 3.26. The van der Waals surface area contributed by atoms with Crippen molar-refractivity contribution in [1.82, 2.24) is 5.32 Å². The molecule has 2 atom stereocenters. The van der Waals surface area contributed by atoms with Crippen molar-refractivity contribution in [3.05, 3.63) is 23.8 Å². The molecule has 0 fully saturated rings. The summed E-state index contributed by atoms with van der Waals surface area (Å²) in [7, 11) is 0. The van der Waals surface area contributed by atoms with Gasteiger partial charge in [0.2, 0.25) is 0 Å². The number of rotatable bonds is 20. The fraction of sp³-hybridized carbons (Fsp3) is 0.655. The molecule has 0 spiro atoms. The van der Waals surface area contributed by atoms with E-state index in [0.717, 1.165) is 38.5 Å². The molecule has 0 amide bonds. The van der Waals surface area contributed by atoms with E-state index in [-0.39, 0.29) is 44.3 Å². The van der Waals surface area contributed by atoms with Crippen molar-refractivity contribution in [2.75, 3.05) is 26.4 Å². The Morgan fingerprint density at radius 2 is 1.29 bits per heavy atom. The summed E-state index contributed by atoms with van der Waals surface area (Å²) in [5.74, 6) is -1.34. The Morgan fingerprint density at radius 1 is 0.756 bits per heavy atom. The predicted molar refractivity (Wildman–Crippen MR) is 149 cm³/mol. The Hall–Kier alpha value is -3.54. The first-order chi connectivity index (χ1) is 19.7. The number of hydrogen-bond acceptors (Lipinski definition) is 11. The fourth-order valence-corrected chi connectivity index (χ4v) is 3.43. The lowest BCUT2D eigenvalue weighted by atomic mass is 10.0. The lowest BCUT2D eigenvalue weighted by Crippen LogP contribution is -2.42. The average Bonchev–Trinajstić information content (AvgIpc) is 2.92. The summed E-state index contributed by atoms with van der Waals surface area (Å²) < 4.78 is 30.8. The highest BCUT2D eigenvalue weighted by Crippen LogP contribution is 2.30. The van der Waals surface area contributed by atoms with Gasteiger partial charge in [0.1, 0.15) is 12.1 Å². The molecule has 1 unspecified atom stereocenters. The summed E-state index contributed by atoms with van der Waals surface area (Å²) in [6.07, 6.45) is 3.21. The van der Waals surface area contributed by atoms with Crippen LogP contribution in [0.5, 0.6) is 11.5 Å². The molecule has 232 valence electrons. The Kier molecular flexibility index (Phi) is 18.4. The van der Waals surface area contributed by atoms with Gasteiger partial charge in [-0.3, -0.25) is 4.79 Å². The Bertz CT molecular complexity index is 937. The average molecular weight is 584 g/mol. The molecule has 0 aromatic heterocycles. The van der Waals surface area contributed by atoms with Gasteiger partial charge in [-0.25, -0.2) is 14.4 Å². The van der Waals surface area contributed by atoms with E-state index >= 15 is 0 Å². The van der Waals surface area contributed by atoms with E-state index < -0.39 is 36.6 Å². The predicted octanol–water partition coefficient (Wildman–Crippen LogP) is 6.02. The van der Waals surface area contributed by atoms with E-state index in [1.807, 2.05) is 20.8 Å². The van der Waals surface area contributed by atoms with Crippen LogP contribution in [-0.4, -0.2) is 68.1 Å². The van der Waals surface area contributed by atoms with Crippen LogP contribution in [0.3, 0.4) is 0 Å². The molecule has 0 heterocycles. The van der Waals surface area contributed by atoms with Crippen molar-refractivity contribution in [3.63, 3.8) is 0 Å². The molecule has 1 rings (SSSR count). The van der Waals surface area contributed by atoms with Gasteiger partial charge >= 0.3 is 24.4 Å². The first kappa shape index (κ1) is 35.5. The van der Waals surface area contributed by atoms with Gasteiger partial charge in [0.05, 0.1) is 19.8 Å². The maximum atomic E-state index is 12.3. The van der Waals surface area contributed by atoms with Crippen LogP contribution >= 0.6 is 0 Å². The van der Waals surface area contributed by atoms with E-state index in [9.17, 15) is 24.3 Å². The van der Waals surface area contributed by atoms with Crippen LogP contribution in [0.4, 0.5) is 14.4 Å². The van der Waals surface area contributed by atoms with E-state index in [1.165, 1.54) is 12.1 Å². The van der Waals surface area contributed by atoms with Gasteiger partial charge in [-0.15, -0.1) is 0 Å². The minimum absolute atomic E-state index is 0.0212. The molecule has 1 aromatic rings. The second-order valence-electron chi connectivity index (χ2n) is 9.48. The molecule has 0 bridgehead atoms. The van der Waals surface area contributed by atoms with Crippen LogP contribution in [0.1, 0.15) is 84.6 Å². The molecule has 0 saturated carbocycles. The lowest BCUT2D eigenvalue weighted by molar-refractivity contribution is -0.139. The van der Waals surface area contributed by atoms with Crippen LogP contribution in [-0.2, 0) is 30.2 Å². The van der Waals surface area contributed by atoms with Gasteiger partial charge in [-0.05, 0) is 50.3 Å². The summed E-state index contributed by atoms with van der Waals surface area (Å²) in [4.78, 5) is 48.1. The molecule has 0 aliphatic carbocycles. The number of ether oxygens (including phenoxy) is 6. The lowest BCUT2D eigenvalue weighted by Gasteiger charge is -2.19. The number of aliphatic carboxylic acids is 1. The molecule has 12 heteroatoms. The number of carboxylic acid groups (broad SMARTS) is 1. The van der Waals surface area contributed by atoms with Crippen molar-refractivity contribution in [1.29, 1.82) is 0 Å². The zero-order chi connectivity index (χ0) is 30.5. The summed E-state index contributed by atoms with van der Waals surface area (Å²) in [6.45, 7) is 8.27. The number of carbonyl (C=O) groups is 4. The third-order valence-electron chi connectivity index (χ3n) is 5.74. The molecule has 12 nitrogen and oxygen atoms in total. The summed E-state index contributed by atoms with van der Waals surface area (Å²) in [5.41, 5.74) is 0.467. The van der Waals surface area contributed by atoms with E-state index in [4.69, 9.17) is 28.4 Å². The largest absolute Gasteiger partial charge is 0.513 e. The minimum atomic E-state index is -1.14. The van der Waals surface area contributed by atoms with Crippen LogP contribution < -0.4 is 14.8 Å². The number of benzene rings is 1. The van der Waals surface area contributed by atoms with Crippen molar-refractivity contribution >= 4 is 24.4 Å². The van der Waals surface area contributed by atoms with Crippen molar-refractivity contribution in [3.8, 4) is 11.5 Å². The van der Waals surface area contributed by atoms with Gasteiger partial charge in [-0.1, -0.05) is 58.9 Å². The Labute approximate surface area is 241 Å². The molecule has 0 aliphatic heterocycles. The maximum Gasteiger partial charge on any atom is 0.513 e. The molecule has 1 aromatic carbocycles. The highest BCUT2D eigenvalue weighted by atomic mass is 16.7. The normalized spacial score (nSPS) is 12.1. The number of carbonyl (C=O) groups excluding carboxylic acids is 3. The molecule has 2 N–H and O–H groups in total. The highest BCUT2D eigenvalue weighted by molar-refractivity contribution is 5.74. The number of hydrogen-bond donors (Lipinski definition) is 2. The minimum Gasteiger partial charge on any atom is -0.480 e. The molecule has 41 heavy (non-hydrogen) atoms. The maximum absolute atomic E-state index is 12.3. The SMILES string of the molecule is CCCCCOC(=O)Oc1ccc(C[C@H](NCC(C)OC(=O)OCCCC)C(=O)O)cc1OC(=O)OCCCCC. The zero-order valence-electron chi connectivity index (χ0n) is 24.6. The molecule has 0 saturated heterocycles. The Morgan fingerprint density at radius 3 is 1.85 bits per heavy atom. The quantitative estimate of drug-likeness (QED) is 0.0797. The monoisotopic (exact) mass is 583 g/mol. The zero-order valence-corrected chi connectivity index (χ0v) is 24.6. The van der Waals surface area contributed by atoms with Gasteiger partial charge in [0, 0.05) is 6.54 Å². The molecular formula is C29H45NO11. The van der Waals surface area contributed by atoms with Crippen molar-refractivity contribution in [2.24, 2.45) is 0 Å². The van der Waals surface area contributed by atoms with Crippen LogP contribution in [0.2, 0.25) is 0 Å². The summed E-state index contributed by atoms with van der Waals surface area (Å²) >= 11 is 0. The number of carboxylic acids is 1. The van der Waals surface area contributed by atoms with E-state index in [2.05, 4.69) is 5.32 Å². The van der Waals surface area contributed by atoms with Gasteiger partial charge in [-0.2, -0.15) is 0 Å². The van der Waals surface area contributed by atoms with Gasteiger partial charge in [0.25, 0.3) is 0 Å². The first-order valence-corrected chi connectivity index (χ1v) is 14.3. The fourth-order valence-electron chi connectivity index (χ4n) is 3.43. The Balaban J connectivity index is 2.90. The standard InChI is InChI=1S/C29H45NO11/c1-5-8-11-16-37-28(34)40-24-14-13-22(19-25(24)41-29(35)38-17-12-9-6-2)18-23(26(31)32)30-20-21(4)39-27(33)36-15-10-7-3/h13-14,19,21,23,30H,5-12,15-18,20H2,1-4H3,(H,31,32)/t21?,23-/m0/s1. The first-order valence-electron chi connectivity index (χ1n) is 14.3. The number of nitrogens with one attached hydrogen (secondary N) is 1.